The second-order valence-electron chi connectivity index (χ2n) is 4.68. The van der Waals surface area contributed by atoms with Gasteiger partial charge in [-0.3, -0.25) is 0 Å². The topological polar surface area (TPSA) is 46.5 Å². The van der Waals surface area contributed by atoms with Gasteiger partial charge in [-0.05, 0) is 25.5 Å². The van der Waals surface area contributed by atoms with Crippen molar-refractivity contribution in [2.45, 2.75) is 25.4 Å². The fraction of sp³-hybridized carbons (Fsp3) is 0.267. The maximum absolute atomic E-state index is 10.8. The normalized spacial score (nSPS) is 26.0. The minimum atomic E-state index is -1.26. The Morgan fingerprint density at radius 1 is 1.28 bits per heavy atom. The summed E-state index contributed by atoms with van der Waals surface area (Å²) in [4.78, 5) is 10.8. The molecule has 0 aromatic heterocycles. The average Bonchev–Trinajstić information content (AvgIpc) is 2.29. The van der Waals surface area contributed by atoms with Crippen LogP contribution in [0.3, 0.4) is 0 Å². The van der Waals surface area contributed by atoms with Crippen LogP contribution >= 0.6 is 0 Å². The fourth-order valence-electron chi connectivity index (χ4n) is 2.22. The summed E-state index contributed by atoms with van der Waals surface area (Å²) in [5.74, 6) is -0.0980. The van der Waals surface area contributed by atoms with Gasteiger partial charge in [-0.2, -0.15) is 0 Å². The molecular formula is C15H16O3. The summed E-state index contributed by atoms with van der Waals surface area (Å²) in [6.07, 6.45) is 6.22. The maximum atomic E-state index is 10.8. The molecule has 1 aromatic rings. The molecule has 2 atom stereocenters. The molecule has 1 aromatic carbocycles. The highest BCUT2D eigenvalue weighted by Crippen LogP contribution is 2.36. The Morgan fingerprint density at radius 2 is 1.94 bits per heavy atom. The van der Waals surface area contributed by atoms with Crippen molar-refractivity contribution >= 4 is 6.16 Å². The summed E-state index contributed by atoms with van der Waals surface area (Å²) in [5.41, 5.74) is 1.37. The average molecular weight is 244 g/mol. The van der Waals surface area contributed by atoms with Crippen LogP contribution in [0.15, 0.2) is 48.6 Å². The van der Waals surface area contributed by atoms with Gasteiger partial charge in [0.05, 0.1) is 0 Å². The highest BCUT2D eigenvalue weighted by molar-refractivity contribution is 5.59. The molecule has 1 N–H and O–H groups in total. The minimum absolute atomic E-state index is 0.0980. The lowest BCUT2D eigenvalue weighted by molar-refractivity contribution is 0.0124. The monoisotopic (exact) mass is 244 g/mol. The van der Waals surface area contributed by atoms with E-state index < -0.39 is 11.8 Å². The number of allylic oxidation sites excluding steroid dienone is 2. The Kier molecular flexibility index (Phi) is 3.24. The molecule has 18 heavy (non-hydrogen) atoms. The molecule has 0 saturated heterocycles. The number of hydrogen-bond donors (Lipinski definition) is 1. The third-order valence-corrected chi connectivity index (χ3v) is 3.20. The molecule has 3 heteroatoms. The zero-order valence-electron chi connectivity index (χ0n) is 10.5. The highest BCUT2D eigenvalue weighted by atomic mass is 16.7. The molecule has 1 aliphatic carbocycles. The first kappa shape index (κ1) is 12.4. The summed E-state index contributed by atoms with van der Waals surface area (Å²) in [6.45, 7) is 3.80. The Bertz CT molecular complexity index is 499. The van der Waals surface area contributed by atoms with Crippen LogP contribution in [0.2, 0.25) is 0 Å². The molecule has 3 nitrogen and oxygen atoms in total. The van der Waals surface area contributed by atoms with Gasteiger partial charge in [-0.15, -0.1) is 0 Å². The Labute approximate surface area is 106 Å². The first-order valence-electron chi connectivity index (χ1n) is 5.86. The van der Waals surface area contributed by atoms with Gasteiger partial charge in [0.15, 0.2) is 0 Å². The van der Waals surface area contributed by atoms with Gasteiger partial charge < -0.3 is 9.84 Å². The summed E-state index contributed by atoms with van der Waals surface area (Å²) in [6, 6.07) is 8.05. The molecule has 0 saturated carbocycles. The Morgan fingerprint density at radius 3 is 2.56 bits per heavy atom. The number of aryl methyl sites for hydroxylation is 1. The molecule has 0 aliphatic heterocycles. The molecule has 0 fully saturated rings. The van der Waals surface area contributed by atoms with Crippen molar-refractivity contribution in [3.8, 4) is 0 Å². The smallest absolute Gasteiger partial charge is 0.450 e. The van der Waals surface area contributed by atoms with Crippen LogP contribution in [0, 0.1) is 6.92 Å². The van der Waals surface area contributed by atoms with Crippen molar-refractivity contribution in [3.63, 3.8) is 0 Å². The molecule has 0 bridgehead atoms. The molecule has 0 amide bonds. The summed E-state index contributed by atoms with van der Waals surface area (Å²) < 4.78 is 5.05. The van der Waals surface area contributed by atoms with E-state index in [0.717, 1.165) is 5.56 Å². The van der Waals surface area contributed by atoms with Crippen LogP contribution < -0.4 is 0 Å². The predicted molar refractivity (Wildman–Crippen MR) is 69.7 cm³/mol. The van der Waals surface area contributed by atoms with E-state index in [1.807, 2.05) is 49.4 Å². The van der Waals surface area contributed by atoms with Gasteiger partial charge >= 0.3 is 6.16 Å². The standard InChI is InChI=1S/C15H16O3/c1-11-6-8-12(9-7-11)13-5-3-4-10-15(13,2)18-14(16)17/h3-10,13H,1-2H3,(H,16,17). The van der Waals surface area contributed by atoms with Crippen molar-refractivity contribution in [1.29, 1.82) is 0 Å². The molecule has 2 rings (SSSR count). The second kappa shape index (κ2) is 4.69. The van der Waals surface area contributed by atoms with Crippen molar-refractivity contribution < 1.29 is 14.6 Å². The summed E-state index contributed by atoms with van der Waals surface area (Å²) in [7, 11) is 0. The zero-order valence-corrected chi connectivity index (χ0v) is 10.5. The molecular weight excluding hydrogens is 228 g/mol. The summed E-state index contributed by atoms with van der Waals surface area (Å²) in [5, 5.41) is 8.86. The molecule has 0 spiro atoms. The first-order valence-corrected chi connectivity index (χ1v) is 5.86. The van der Waals surface area contributed by atoms with Crippen molar-refractivity contribution in [2.75, 3.05) is 0 Å². The highest BCUT2D eigenvalue weighted by Gasteiger charge is 2.36. The van der Waals surface area contributed by atoms with Crippen molar-refractivity contribution in [2.24, 2.45) is 0 Å². The number of rotatable bonds is 2. The number of carbonyl (C=O) groups is 1. The quantitative estimate of drug-likeness (QED) is 0.807. The van der Waals surface area contributed by atoms with E-state index in [0.29, 0.717) is 0 Å². The van der Waals surface area contributed by atoms with E-state index in [1.165, 1.54) is 5.56 Å². The van der Waals surface area contributed by atoms with Crippen LogP contribution in [0.25, 0.3) is 0 Å². The molecule has 0 heterocycles. The lowest BCUT2D eigenvalue weighted by atomic mass is 9.80. The third-order valence-electron chi connectivity index (χ3n) is 3.20. The first-order chi connectivity index (χ1) is 8.51. The van der Waals surface area contributed by atoms with Gasteiger partial charge in [0.1, 0.15) is 5.60 Å². The number of ether oxygens (including phenoxy) is 1. The van der Waals surface area contributed by atoms with Gasteiger partial charge in [0.2, 0.25) is 0 Å². The predicted octanol–water partition coefficient (Wildman–Crippen LogP) is 3.66. The number of benzene rings is 1. The fourth-order valence-corrected chi connectivity index (χ4v) is 2.22. The van der Waals surface area contributed by atoms with Crippen LogP contribution in [0.1, 0.15) is 24.0 Å². The van der Waals surface area contributed by atoms with Gasteiger partial charge in [-0.25, -0.2) is 4.79 Å². The van der Waals surface area contributed by atoms with Gasteiger partial charge in [0.25, 0.3) is 0 Å². The van der Waals surface area contributed by atoms with E-state index in [1.54, 1.807) is 13.0 Å². The number of hydrogen-bond acceptors (Lipinski definition) is 2. The largest absolute Gasteiger partial charge is 0.506 e. The minimum Gasteiger partial charge on any atom is -0.450 e. The van der Waals surface area contributed by atoms with Crippen LogP contribution in [-0.2, 0) is 4.74 Å². The van der Waals surface area contributed by atoms with Gasteiger partial charge in [0, 0.05) is 5.92 Å². The van der Waals surface area contributed by atoms with E-state index in [4.69, 9.17) is 9.84 Å². The van der Waals surface area contributed by atoms with E-state index in [9.17, 15) is 4.79 Å². The Balaban J connectivity index is 2.34. The van der Waals surface area contributed by atoms with Crippen LogP contribution in [-0.4, -0.2) is 16.9 Å². The lowest BCUT2D eigenvalue weighted by Crippen LogP contribution is -2.36. The van der Waals surface area contributed by atoms with E-state index >= 15 is 0 Å². The number of carboxylic acid groups (broad SMARTS) is 1. The second-order valence-corrected chi connectivity index (χ2v) is 4.68. The zero-order chi connectivity index (χ0) is 13.2. The molecule has 1 aliphatic rings. The van der Waals surface area contributed by atoms with Crippen molar-refractivity contribution in [1.82, 2.24) is 0 Å². The third kappa shape index (κ3) is 2.45. The van der Waals surface area contributed by atoms with E-state index in [-0.39, 0.29) is 5.92 Å². The lowest BCUT2D eigenvalue weighted by Gasteiger charge is -2.33. The summed E-state index contributed by atoms with van der Waals surface area (Å²) >= 11 is 0. The van der Waals surface area contributed by atoms with Crippen LogP contribution in [0.4, 0.5) is 4.79 Å². The van der Waals surface area contributed by atoms with Gasteiger partial charge in [-0.1, -0.05) is 48.1 Å². The van der Waals surface area contributed by atoms with E-state index in [2.05, 4.69) is 0 Å². The SMILES string of the molecule is Cc1ccc(C2C=CC=CC2(C)OC(=O)O)cc1. The molecule has 94 valence electrons. The van der Waals surface area contributed by atoms with Crippen LogP contribution in [0.5, 0.6) is 0 Å². The molecule has 0 radical (unpaired) electrons. The van der Waals surface area contributed by atoms with Crippen molar-refractivity contribution in [3.05, 3.63) is 59.7 Å². The molecule has 2 unspecified atom stereocenters. The Hall–Kier alpha value is -2.03. The maximum Gasteiger partial charge on any atom is 0.506 e.